The van der Waals surface area contributed by atoms with Gasteiger partial charge in [0.2, 0.25) is 6.41 Å². The standard InChI is InChI=1S/C10H17NO3S/c1-3-5-11(7-12)10(9(13)14)4-6-15-8(10)2/h7-8H,3-6H2,1-2H3,(H,13,14). The molecule has 1 amide bonds. The number of hydrogen-bond donors (Lipinski definition) is 1. The number of rotatable bonds is 5. The van der Waals surface area contributed by atoms with Crippen molar-refractivity contribution in [1.29, 1.82) is 0 Å². The molecule has 0 spiro atoms. The lowest BCUT2D eigenvalue weighted by molar-refractivity contribution is -0.154. The molecule has 0 aromatic heterocycles. The van der Waals surface area contributed by atoms with Crippen molar-refractivity contribution < 1.29 is 14.7 Å². The summed E-state index contributed by atoms with van der Waals surface area (Å²) in [4.78, 5) is 23.8. The summed E-state index contributed by atoms with van der Waals surface area (Å²) in [5.74, 6) is -0.0674. The van der Waals surface area contributed by atoms with E-state index >= 15 is 0 Å². The predicted octanol–water partition coefficient (Wildman–Crippen LogP) is 1.20. The van der Waals surface area contributed by atoms with E-state index in [-0.39, 0.29) is 5.25 Å². The molecule has 1 heterocycles. The Morgan fingerprint density at radius 3 is 2.73 bits per heavy atom. The number of aliphatic carboxylic acids is 1. The first-order valence-corrected chi connectivity index (χ1v) is 6.21. The first-order valence-electron chi connectivity index (χ1n) is 5.16. The van der Waals surface area contributed by atoms with Crippen LogP contribution in [-0.2, 0) is 9.59 Å². The third kappa shape index (κ3) is 1.97. The highest BCUT2D eigenvalue weighted by atomic mass is 32.2. The quantitative estimate of drug-likeness (QED) is 0.722. The first-order chi connectivity index (χ1) is 7.09. The Labute approximate surface area is 94.0 Å². The van der Waals surface area contributed by atoms with Crippen molar-refractivity contribution in [1.82, 2.24) is 4.90 Å². The molecular formula is C10H17NO3S. The van der Waals surface area contributed by atoms with Gasteiger partial charge < -0.3 is 10.0 Å². The highest BCUT2D eigenvalue weighted by Gasteiger charge is 2.51. The molecule has 1 fully saturated rings. The Hall–Kier alpha value is -0.710. The van der Waals surface area contributed by atoms with E-state index in [1.54, 1.807) is 11.8 Å². The lowest BCUT2D eigenvalue weighted by Crippen LogP contribution is -2.58. The van der Waals surface area contributed by atoms with E-state index in [0.717, 1.165) is 12.2 Å². The van der Waals surface area contributed by atoms with E-state index in [0.29, 0.717) is 19.4 Å². The molecule has 5 heteroatoms. The van der Waals surface area contributed by atoms with Crippen LogP contribution in [0.15, 0.2) is 0 Å². The lowest BCUT2D eigenvalue weighted by atomic mass is 9.90. The minimum absolute atomic E-state index is 0.0354. The van der Waals surface area contributed by atoms with Crippen LogP contribution < -0.4 is 0 Å². The number of hydrogen-bond acceptors (Lipinski definition) is 3. The average molecular weight is 231 g/mol. The lowest BCUT2D eigenvalue weighted by Gasteiger charge is -2.37. The summed E-state index contributed by atoms with van der Waals surface area (Å²) in [6.07, 6.45) is 2.01. The van der Waals surface area contributed by atoms with Crippen LogP contribution in [0.3, 0.4) is 0 Å². The maximum atomic E-state index is 11.4. The van der Waals surface area contributed by atoms with Gasteiger partial charge in [0.15, 0.2) is 5.54 Å². The van der Waals surface area contributed by atoms with Crippen molar-refractivity contribution in [2.45, 2.75) is 37.5 Å². The van der Waals surface area contributed by atoms with Gasteiger partial charge >= 0.3 is 5.97 Å². The zero-order valence-electron chi connectivity index (χ0n) is 9.10. The van der Waals surface area contributed by atoms with Gasteiger partial charge in [-0.2, -0.15) is 11.8 Å². The van der Waals surface area contributed by atoms with E-state index in [9.17, 15) is 14.7 Å². The van der Waals surface area contributed by atoms with E-state index in [2.05, 4.69) is 0 Å². The van der Waals surface area contributed by atoms with Crippen LogP contribution in [0, 0.1) is 0 Å². The third-order valence-electron chi connectivity index (χ3n) is 3.00. The first kappa shape index (κ1) is 12.4. The number of nitrogens with zero attached hydrogens (tertiary/aromatic N) is 1. The Balaban J connectivity index is 2.98. The molecule has 1 aliphatic heterocycles. The predicted molar refractivity (Wildman–Crippen MR) is 60.0 cm³/mol. The fourth-order valence-corrected chi connectivity index (χ4v) is 3.51. The number of carboxylic acids is 1. The monoisotopic (exact) mass is 231 g/mol. The molecule has 0 bridgehead atoms. The topological polar surface area (TPSA) is 57.6 Å². The van der Waals surface area contributed by atoms with Gasteiger partial charge in [0, 0.05) is 11.8 Å². The molecule has 1 N–H and O–H groups in total. The highest BCUT2D eigenvalue weighted by molar-refractivity contribution is 8.00. The van der Waals surface area contributed by atoms with E-state index < -0.39 is 11.5 Å². The molecule has 4 nitrogen and oxygen atoms in total. The van der Waals surface area contributed by atoms with Crippen molar-refractivity contribution >= 4 is 24.1 Å². The Morgan fingerprint density at radius 1 is 1.73 bits per heavy atom. The molecule has 15 heavy (non-hydrogen) atoms. The molecule has 1 rings (SSSR count). The Bertz CT molecular complexity index is 259. The highest BCUT2D eigenvalue weighted by Crippen LogP contribution is 2.40. The van der Waals surface area contributed by atoms with E-state index in [1.807, 2.05) is 13.8 Å². The average Bonchev–Trinajstić information content (AvgIpc) is 2.57. The summed E-state index contributed by atoms with van der Waals surface area (Å²) < 4.78 is 0. The molecule has 1 saturated heterocycles. The van der Waals surface area contributed by atoms with Crippen molar-refractivity contribution in [2.24, 2.45) is 0 Å². The minimum atomic E-state index is -0.984. The Morgan fingerprint density at radius 2 is 2.40 bits per heavy atom. The van der Waals surface area contributed by atoms with Crippen LogP contribution in [-0.4, -0.2) is 45.5 Å². The molecule has 0 aromatic rings. The summed E-state index contributed by atoms with van der Waals surface area (Å²) in [5, 5.41) is 9.31. The van der Waals surface area contributed by atoms with Crippen molar-refractivity contribution in [3.63, 3.8) is 0 Å². The summed E-state index contributed by atoms with van der Waals surface area (Å²) in [6.45, 7) is 4.34. The van der Waals surface area contributed by atoms with Crippen LogP contribution in [0.4, 0.5) is 0 Å². The molecule has 0 saturated carbocycles. The molecule has 2 atom stereocenters. The van der Waals surface area contributed by atoms with Crippen LogP contribution in [0.1, 0.15) is 26.7 Å². The maximum absolute atomic E-state index is 11.4. The SMILES string of the molecule is CCCN(C=O)C1(C(=O)O)CCSC1C. The second-order valence-corrected chi connectivity index (χ2v) is 5.24. The van der Waals surface area contributed by atoms with Crippen molar-refractivity contribution in [3.05, 3.63) is 0 Å². The number of carbonyl (C=O) groups is 2. The minimum Gasteiger partial charge on any atom is -0.479 e. The summed E-state index contributed by atoms with van der Waals surface area (Å²) in [7, 11) is 0. The molecule has 1 aliphatic rings. The molecule has 86 valence electrons. The van der Waals surface area contributed by atoms with Crippen LogP contribution >= 0.6 is 11.8 Å². The van der Waals surface area contributed by atoms with Gasteiger partial charge in [0.1, 0.15) is 0 Å². The van der Waals surface area contributed by atoms with Gasteiger partial charge in [0.25, 0.3) is 0 Å². The largest absolute Gasteiger partial charge is 0.479 e. The third-order valence-corrected chi connectivity index (χ3v) is 4.33. The van der Waals surface area contributed by atoms with Gasteiger partial charge in [-0.25, -0.2) is 4.79 Å². The van der Waals surface area contributed by atoms with Gasteiger partial charge in [-0.3, -0.25) is 4.79 Å². The number of thioether (sulfide) groups is 1. The Kier molecular flexibility index (Phi) is 4.02. The van der Waals surface area contributed by atoms with Crippen molar-refractivity contribution in [3.8, 4) is 0 Å². The second-order valence-electron chi connectivity index (χ2n) is 3.79. The molecule has 2 unspecified atom stereocenters. The summed E-state index contributed by atoms with van der Waals surface area (Å²) in [5.41, 5.74) is -0.984. The summed E-state index contributed by atoms with van der Waals surface area (Å²) >= 11 is 1.62. The van der Waals surface area contributed by atoms with Crippen LogP contribution in [0.5, 0.6) is 0 Å². The molecular weight excluding hydrogens is 214 g/mol. The van der Waals surface area contributed by atoms with Gasteiger partial charge in [-0.15, -0.1) is 0 Å². The number of carboxylic acid groups (broad SMARTS) is 1. The number of carbonyl (C=O) groups excluding carboxylic acids is 1. The van der Waals surface area contributed by atoms with Gasteiger partial charge in [-0.1, -0.05) is 13.8 Å². The smallest absolute Gasteiger partial charge is 0.330 e. The molecule has 0 aliphatic carbocycles. The fourth-order valence-electron chi connectivity index (χ4n) is 2.10. The van der Waals surface area contributed by atoms with E-state index in [1.165, 1.54) is 4.90 Å². The fraction of sp³-hybridized carbons (Fsp3) is 0.800. The van der Waals surface area contributed by atoms with Crippen LogP contribution in [0.2, 0.25) is 0 Å². The molecule has 0 radical (unpaired) electrons. The van der Waals surface area contributed by atoms with E-state index in [4.69, 9.17) is 0 Å². The zero-order valence-corrected chi connectivity index (χ0v) is 9.92. The maximum Gasteiger partial charge on any atom is 0.330 e. The van der Waals surface area contributed by atoms with Gasteiger partial charge in [0.05, 0.1) is 0 Å². The number of amides is 1. The zero-order chi connectivity index (χ0) is 11.5. The normalized spacial score (nSPS) is 30.1. The molecule has 0 aromatic carbocycles. The summed E-state index contributed by atoms with van der Waals surface area (Å²) in [6, 6.07) is 0. The van der Waals surface area contributed by atoms with Gasteiger partial charge in [-0.05, 0) is 18.6 Å². The second kappa shape index (κ2) is 4.88. The van der Waals surface area contributed by atoms with Crippen molar-refractivity contribution in [2.75, 3.05) is 12.3 Å². The van der Waals surface area contributed by atoms with Crippen LogP contribution in [0.25, 0.3) is 0 Å².